The number of rotatable bonds is 6. The molecule has 112 valence electrons. The van der Waals surface area contributed by atoms with E-state index in [-0.39, 0.29) is 16.4 Å². The summed E-state index contributed by atoms with van der Waals surface area (Å²) in [5, 5.41) is 0.285. The Hall–Kier alpha value is -1.49. The molecule has 0 bridgehead atoms. The summed E-state index contributed by atoms with van der Waals surface area (Å²) in [5.41, 5.74) is 5.51. The molecular weight excluding hydrogens is 314 g/mol. The van der Waals surface area contributed by atoms with Crippen LogP contribution in [0.25, 0.3) is 0 Å². The number of carbonyl (C=O) groups is 1. The molecular formula is C15H15Cl2FN2O. The van der Waals surface area contributed by atoms with Gasteiger partial charge >= 0.3 is 0 Å². The number of allylic oxidation sites excluding steroid dienone is 4. The Morgan fingerprint density at radius 2 is 2.19 bits per heavy atom. The van der Waals surface area contributed by atoms with Crippen LogP contribution < -0.4 is 5.73 Å². The van der Waals surface area contributed by atoms with Crippen LogP contribution in [0.5, 0.6) is 0 Å². The van der Waals surface area contributed by atoms with E-state index in [9.17, 15) is 9.18 Å². The van der Waals surface area contributed by atoms with Crippen LogP contribution in [0.4, 0.5) is 4.39 Å². The summed E-state index contributed by atoms with van der Waals surface area (Å²) in [4.78, 5) is 16.4. The molecule has 3 nitrogen and oxygen atoms in total. The third-order valence-electron chi connectivity index (χ3n) is 2.85. The fourth-order valence-electron chi connectivity index (χ4n) is 1.58. The normalized spacial score (nSPS) is 15.5. The molecule has 1 aromatic heterocycles. The van der Waals surface area contributed by atoms with Crippen LogP contribution in [0, 0.1) is 0 Å². The average molecular weight is 329 g/mol. The second-order valence-electron chi connectivity index (χ2n) is 4.47. The summed E-state index contributed by atoms with van der Waals surface area (Å²) in [5.74, 6) is -0.388. The van der Waals surface area contributed by atoms with E-state index in [1.807, 2.05) is 0 Å². The fraction of sp³-hybridized carbons (Fsp3) is 0.200. The van der Waals surface area contributed by atoms with Crippen LogP contribution in [-0.2, 0) is 10.3 Å². The number of Topliss-reactive ketones (excluding diaryl/α,β-unsaturated/α-hetero) is 1. The molecule has 0 fully saturated rings. The molecule has 0 aliphatic heterocycles. The molecule has 6 heteroatoms. The van der Waals surface area contributed by atoms with Gasteiger partial charge in [-0.1, -0.05) is 48.0 Å². The van der Waals surface area contributed by atoms with E-state index in [2.05, 4.69) is 11.6 Å². The fourth-order valence-corrected chi connectivity index (χ4v) is 1.75. The zero-order chi connectivity index (χ0) is 16.0. The maximum atomic E-state index is 12.5. The molecule has 1 aromatic rings. The SMILES string of the molecule is C=C/C(=C\C=C(\Cl)CF)C(=O)C(C)(N)c1ccc(Cl)nc1. The molecule has 0 aliphatic rings. The van der Waals surface area contributed by atoms with Crippen molar-refractivity contribution in [3.05, 3.63) is 64.5 Å². The maximum Gasteiger partial charge on any atom is 0.186 e. The molecule has 0 amide bonds. The molecule has 1 unspecified atom stereocenters. The lowest BCUT2D eigenvalue weighted by Gasteiger charge is -2.23. The lowest BCUT2D eigenvalue weighted by atomic mass is 9.86. The van der Waals surface area contributed by atoms with E-state index in [0.29, 0.717) is 10.7 Å². The second-order valence-corrected chi connectivity index (χ2v) is 5.35. The topological polar surface area (TPSA) is 56.0 Å². The highest BCUT2D eigenvalue weighted by Crippen LogP contribution is 2.23. The van der Waals surface area contributed by atoms with Crippen molar-refractivity contribution < 1.29 is 9.18 Å². The first kappa shape index (κ1) is 17.6. The van der Waals surface area contributed by atoms with Gasteiger partial charge in [-0.05, 0) is 24.6 Å². The standard InChI is InChI=1S/C15H15Cl2FN2O/c1-3-10(4-6-12(16)8-18)14(21)15(2,19)11-5-7-13(17)20-9-11/h3-7,9H,1,8,19H2,2H3/b10-4+,12-6+. The van der Waals surface area contributed by atoms with Gasteiger partial charge in [0.05, 0.1) is 0 Å². The van der Waals surface area contributed by atoms with E-state index >= 15 is 0 Å². The molecule has 0 aliphatic carbocycles. The number of nitrogens with zero attached hydrogens (tertiary/aromatic N) is 1. The van der Waals surface area contributed by atoms with Gasteiger partial charge in [0.15, 0.2) is 5.78 Å². The Labute approximate surface area is 133 Å². The summed E-state index contributed by atoms with van der Waals surface area (Å²) in [6.07, 6.45) is 5.46. The molecule has 0 saturated heterocycles. The summed E-state index contributed by atoms with van der Waals surface area (Å²) >= 11 is 11.3. The monoisotopic (exact) mass is 328 g/mol. The molecule has 1 rings (SSSR count). The van der Waals surface area contributed by atoms with Gasteiger partial charge in [0.2, 0.25) is 0 Å². The molecule has 0 saturated carbocycles. The van der Waals surface area contributed by atoms with Crippen molar-refractivity contribution in [1.29, 1.82) is 0 Å². The van der Waals surface area contributed by atoms with Gasteiger partial charge in [-0.2, -0.15) is 0 Å². The number of pyridine rings is 1. The minimum atomic E-state index is -1.31. The zero-order valence-electron chi connectivity index (χ0n) is 11.4. The number of carbonyl (C=O) groups excluding carboxylic acids is 1. The number of aromatic nitrogens is 1. The van der Waals surface area contributed by atoms with Gasteiger partial charge in [0.1, 0.15) is 17.4 Å². The summed E-state index contributed by atoms with van der Waals surface area (Å²) in [7, 11) is 0. The first-order valence-corrected chi connectivity index (χ1v) is 6.79. The Bertz CT molecular complexity index is 592. The highest BCUT2D eigenvalue weighted by Gasteiger charge is 2.32. The molecule has 0 radical (unpaired) electrons. The van der Waals surface area contributed by atoms with Crippen molar-refractivity contribution in [2.24, 2.45) is 5.73 Å². The van der Waals surface area contributed by atoms with Gasteiger partial charge in [-0.25, -0.2) is 9.37 Å². The van der Waals surface area contributed by atoms with Crippen LogP contribution in [0.2, 0.25) is 5.15 Å². The van der Waals surface area contributed by atoms with Crippen molar-refractivity contribution in [2.45, 2.75) is 12.5 Å². The highest BCUT2D eigenvalue weighted by atomic mass is 35.5. The van der Waals surface area contributed by atoms with Crippen LogP contribution in [0.15, 0.2) is 53.7 Å². The van der Waals surface area contributed by atoms with Crippen molar-refractivity contribution in [1.82, 2.24) is 4.98 Å². The number of ketones is 1. The average Bonchev–Trinajstić information content (AvgIpc) is 2.47. The van der Waals surface area contributed by atoms with Gasteiger partial charge < -0.3 is 5.73 Å². The number of hydrogen-bond donors (Lipinski definition) is 1. The Balaban J connectivity index is 3.14. The Morgan fingerprint density at radius 3 is 2.67 bits per heavy atom. The number of hydrogen-bond acceptors (Lipinski definition) is 3. The number of halogens is 3. The van der Waals surface area contributed by atoms with E-state index in [1.54, 1.807) is 19.1 Å². The molecule has 0 aromatic carbocycles. The third-order valence-corrected chi connectivity index (χ3v) is 3.30. The maximum absolute atomic E-state index is 12.5. The van der Waals surface area contributed by atoms with Crippen LogP contribution in [0.1, 0.15) is 12.5 Å². The Morgan fingerprint density at radius 1 is 1.52 bits per heavy atom. The predicted octanol–water partition coefficient (Wildman–Crippen LogP) is 3.68. The first-order chi connectivity index (χ1) is 9.82. The van der Waals surface area contributed by atoms with E-state index in [4.69, 9.17) is 28.9 Å². The van der Waals surface area contributed by atoms with Crippen LogP contribution in [0.3, 0.4) is 0 Å². The number of nitrogens with two attached hydrogens (primary N) is 1. The van der Waals surface area contributed by atoms with Crippen LogP contribution in [-0.4, -0.2) is 17.4 Å². The van der Waals surface area contributed by atoms with Crippen molar-refractivity contribution >= 4 is 29.0 Å². The molecule has 0 spiro atoms. The van der Waals surface area contributed by atoms with Gasteiger partial charge in [-0.3, -0.25) is 4.79 Å². The minimum Gasteiger partial charge on any atom is -0.315 e. The summed E-state index contributed by atoms with van der Waals surface area (Å²) in [6, 6.07) is 3.17. The number of alkyl halides is 1. The summed E-state index contributed by atoms with van der Waals surface area (Å²) < 4.78 is 12.3. The smallest absolute Gasteiger partial charge is 0.186 e. The van der Waals surface area contributed by atoms with Crippen LogP contribution >= 0.6 is 23.2 Å². The largest absolute Gasteiger partial charge is 0.315 e. The van der Waals surface area contributed by atoms with Crippen molar-refractivity contribution in [2.75, 3.05) is 6.67 Å². The molecule has 1 atom stereocenters. The third kappa shape index (κ3) is 4.49. The predicted molar refractivity (Wildman–Crippen MR) is 84.0 cm³/mol. The highest BCUT2D eigenvalue weighted by molar-refractivity contribution is 6.30. The van der Waals surface area contributed by atoms with E-state index in [1.165, 1.54) is 24.4 Å². The summed E-state index contributed by atoms with van der Waals surface area (Å²) in [6.45, 7) is 4.31. The second kappa shape index (κ2) is 7.50. The quantitative estimate of drug-likeness (QED) is 0.492. The zero-order valence-corrected chi connectivity index (χ0v) is 13.0. The van der Waals surface area contributed by atoms with E-state index in [0.717, 1.165) is 0 Å². The van der Waals surface area contributed by atoms with Crippen molar-refractivity contribution in [3.8, 4) is 0 Å². The first-order valence-electron chi connectivity index (χ1n) is 6.03. The molecule has 2 N–H and O–H groups in total. The van der Waals surface area contributed by atoms with E-state index < -0.39 is 12.2 Å². The van der Waals surface area contributed by atoms with Crippen molar-refractivity contribution in [3.63, 3.8) is 0 Å². The van der Waals surface area contributed by atoms with Gasteiger partial charge in [-0.15, -0.1) is 0 Å². The minimum absolute atomic E-state index is 0.0194. The lowest BCUT2D eigenvalue weighted by molar-refractivity contribution is -0.119. The lowest BCUT2D eigenvalue weighted by Crippen LogP contribution is -2.42. The molecule has 1 heterocycles. The molecule has 21 heavy (non-hydrogen) atoms. The Kier molecular flexibility index (Phi) is 6.27. The van der Waals surface area contributed by atoms with Gasteiger partial charge in [0, 0.05) is 16.8 Å². The van der Waals surface area contributed by atoms with Gasteiger partial charge in [0.25, 0.3) is 0 Å².